The lowest BCUT2D eigenvalue weighted by molar-refractivity contribution is -0.104. The van der Waals surface area contributed by atoms with Crippen LogP contribution in [0, 0.1) is 71.5 Å². The van der Waals surface area contributed by atoms with E-state index < -0.39 is 30.5 Å². The molecule has 14 nitrogen and oxygen atoms in total. The van der Waals surface area contributed by atoms with Gasteiger partial charge in [0, 0.05) is 81.6 Å². The monoisotopic (exact) mass is 1200 g/mol. The van der Waals surface area contributed by atoms with Gasteiger partial charge in [-0.3, -0.25) is 0 Å². The first kappa shape index (κ1) is 68.2. The molecular formula is C72H112O14. The Bertz CT molecular complexity index is 2570. The van der Waals surface area contributed by atoms with Crippen molar-refractivity contribution in [3.05, 3.63) is 75.8 Å². The van der Waals surface area contributed by atoms with Crippen LogP contribution in [-0.4, -0.2) is 134 Å². The molecule has 4 saturated carbocycles. The number of phenols is 2. The van der Waals surface area contributed by atoms with Crippen LogP contribution in [0.25, 0.3) is 0 Å². The summed E-state index contributed by atoms with van der Waals surface area (Å²) in [7, 11) is 9.93. The lowest BCUT2D eigenvalue weighted by Crippen LogP contribution is -2.48. The van der Waals surface area contributed by atoms with Gasteiger partial charge in [-0.1, -0.05) is 59.1 Å². The Morgan fingerprint density at radius 2 is 1.29 bits per heavy atom. The van der Waals surface area contributed by atoms with Gasteiger partial charge < -0.3 is 69.3 Å². The zero-order valence-electron chi connectivity index (χ0n) is 54.2. The van der Waals surface area contributed by atoms with Gasteiger partial charge in [0.05, 0.1) is 51.8 Å². The predicted octanol–water partition coefficient (Wildman–Crippen LogP) is 12.7. The number of aromatic hydroxyl groups is 2. The fourth-order valence-electron chi connectivity index (χ4n) is 18.5. The van der Waals surface area contributed by atoms with Crippen molar-refractivity contribution in [1.82, 2.24) is 0 Å². The van der Waals surface area contributed by atoms with E-state index in [9.17, 15) is 40.9 Å². The first-order valence-corrected chi connectivity index (χ1v) is 33.2. The first-order valence-electron chi connectivity index (χ1n) is 33.2. The molecule has 0 saturated heterocycles. The van der Waals surface area contributed by atoms with Gasteiger partial charge >= 0.3 is 0 Å². The van der Waals surface area contributed by atoms with Crippen molar-refractivity contribution in [2.24, 2.45) is 64.6 Å². The van der Waals surface area contributed by atoms with E-state index >= 15 is 0 Å². The maximum Gasteiger partial charge on any atom is 0.161 e. The van der Waals surface area contributed by atoms with E-state index in [2.05, 4.69) is 46.8 Å². The molecule has 3 aromatic rings. The number of ether oxygens (including phenoxy) is 6. The summed E-state index contributed by atoms with van der Waals surface area (Å²) in [6, 6.07) is 13.9. The SMILES string of the molecule is COC[C@H](CCO)[C@@H]1CCC[C@H]([C@@H]2CCC(O)C[C@@H]2C)c2cc(c(C)cc2O)[C@H]([C@H]2CC(O)C[C@@H](C)C2)CCC[C@H]([C@H](O)OC)c2cc(c(OC)cc2O)[C@H](c2ccc(OC)cc2OC)CCC[C@H]([C@@H]2CC(O)C(C)(C)C2)[C@H]2C[C@@H]1[C@@H](O)C[C@H]2OC. The van der Waals surface area contributed by atoms with Crippen LogP contribution in [0.2, 0.25) is 0 Å². The molecule has 6 bridgehead atoms. The highest BCUT2D eigenvalue weighted by Gasteiger charge is 2.50. The minimum absolute atomic E-state index is 0.00125. The van der Waals surface area contributed by atoms with Gasteiger partial charge in [-0.15, -0.1) is 0 Å². The number of phenolic OH excluding ortho intramolecular Hbond substituents is 2. The molecule has 5 aliphatic carbocycles. The van der Waals surface area contributed by atoms with Crippen LogP contribution in [-0.2, 0) is 14.2 Å². The van der Waals surface area contributed by atoms with Gasteiger partial charge in [0.1, 0.15) is 28.7 Å². The summed E-state index contributed by atoms with van der Waals surface area (Å²) in [6.07, 6.45) is 10.9. The number of aliphatic hydroxyl groups is 6. The highest BCUT2D eigenvalue weighted by Crippen LogP contribution is 2.55. The summed E-state index contributed by atoms with van der Waals surface area (Å²) >= 11 is 0. The van der Waals surface area contributed by atoms with E-state index in [-0.39, 0.29) is 107 Å². The molecular weight excluding hydrogens is 1090 g/mol. The van der Waals surface area contributed by atoms with E-state index in [0.29, 0.717) is 99.5 Å². The van der Waals surface area contributed by atoms with Crippen molar-refractivity contribution >= 4 is 0 Å². The maximum atomic E-state index is 12.7. The topological polar surface area (TPSA) is 217 Å². The minimum Gasteiger partial charge on any atom is -0.508 e. The lowest BCUT2D eigenvalue weighted by Gasteiger charge is -2.48. The molecule has 0 heterocycles. The number of methoxy groups -OCH3 is 6. The Labute approximate surface area is 515 Å². The van der Waals surface area contributed by atoms with Crippen LogP contribution < -0.4 is 14.2 Å². The number of benzene rings is 3. The Balaban J connectivity index is 1.33. The number of aliphatic hydroxyl groups excluding tert-OH is 6. The molecule has 8 rings (SSSR count). The molecule has 3 unspecified atom stereocenters. The Morgan fingerprint density at radius 3 is 1.94 bits per heavy atom. The van der Waals surface area contributed by atoms with Gasteiger partial charge in [-0.2, -0.15) is 0 Å². The molecule has 14 heteroatoms. The molecule has 0 aliphatic heterocycles. The minimum atomic E-state index is -1.25. The summed E-state index contributed by atoms with van der Waals surface area (Å²) in [6.45, 7) is 11.4. The number of hydrogen-bond donors (Lipinski definition) is 8. The Hall–Kier alpha value is -3.70. The van der Waals surface area contributed by atoms with E-state index in [1.54, 1.807) is 41.6 Å². The Kier molecular flexibility index (Phi) is 24.5. The van der Waals surface area contributed by atoms with Crippen LogP contribution in [0.5, 0.6) is 28.7 Å². The van der Waals surface area contributed by atoms with Crippen molar-refractivity contribution in [3.8, 4) is 28.7 Å². The molecule has 8 N–H and O–H groups in total. The summed E-state index contributed by atoms with van der Waals surface area (Å²) in [5.74, 6) is 2.12. The Morgan fingerprint density at radius 1 is 0.593 bits per heavy atom. The standard InChI is InChI=1S/C72H112O14/c1-41-27-45(31-48(75)28-41)52-16-14-20-57(71(80)86-11)61-36-63(69(85-10)38-66(61)78)55(56-24-22-49(82-7)33-67(56)83-8)19-13-17-53(46-32-70(79)72(4,5)39-46)62-35-59(65(77)37-68(62)84-9)51(44(25-26-73)40-81-6)15-12-18-54(50-23-21-47(74)29-42(50)2)60-34-58(52)43(3)30-64(60)76/h22,24,30,33-34,36,38,41-42,44-48,50-55,57,59,62,65,68,70-71,73-80H,12-21,23,25-29,31-32,35,37,39-40H2,1-11H3/t41-,42-,44-,45+,46+,47?,48?,50+,51-,52-,53+,54+,55-,57-,59-,62+,65-,68+,70?,71+/m0/s1. The molecule has 20 atom stereocenters. The lowest BCUT2D eigenvalue weighted by atomic mass is 9.61. The van der Waals surface area contributed by atoms with Crippen molar-refractivity contribution < 1.29 is 69.3 Å². The highest BCUT2D eigenvalue weighted by molar-refractivity contribution is 5.55. The number of hydrogen-bond acceptors (Lipinski definition) is 14. The van der Waals surface area contributed by atoms with Crippen molar-refractivity contribution in [2.75, 3.05) is 55.9 Å². The summed E-state index contributed by atoms with van der Waals surface area (Å²) < 4.78 is 36.5. The first-order chi connectivity index (χ1) is 41.2. The zero-order valence-corrected chi connectivity index (χ0v) is 54.2. The third-order valence-corrected chi connectivity index (χ3v) is 22.8. The van der Waals surface area contributed by atoms with E-state index in [1.165, 1.54) is 12.7 Å². The summed E-state index contributed by atoms with van der Waals surface area (Å²) in [5, 5.41) is 94.5. The van der Waals surface area contributed by atoms with Gasteiger partial charge in [-0.25, -0.2) is 0 Å². The molecule has 0 aromatic heterocycles. The van der Waals surface area contributed by atoms with Gasteiger partial charge in [-0.05, 0) is 221 Å². The third kappa shape index (κ3) is 15.7. The molecule has 0 spiro atoms. The quantitative estimate of drug-likeness (QED) is 0.0665. The van der Waals surface area contributed by atoms with E-state index in [0.717, 1.165) is 86.5 Å². The van der Waals surface area contributed by atoms with E-state index in [1.807, 2.05) is 24.3 Å². The van der Waals surface area contributed by atoms with Crippen LogP contribution >= 0.6 is 0 Å². The fourth-order valence-corrected chi connectivity index (χ4v) is 18.5. The van der Waals surface area contributed by atoms with Gasteiger partial charge in [0.2, 0.25) is 0 Å². The molecule has 5 aliphatic rings. The molecule has 86 heavy (non-hydrogen) atoms. The second kappa shape index (κ2) is 30.9. The van der Waals surface area contributed by atoms with Crippen LogP contribution in [0.1, 0.15) is 213 Å². The summed E-state index contributed by atoms with van der Waals surface area (Å²) in [5.41, 5.74) is 5.10. The number of fused-ring (bicyclic) bond motifs is 6. The van der Waals surface area contributed by atoms with Gasteiger partial charge in [0.15, 0.2) is 6.29 Å². The highest BCUT2D eigenvalue weighted by atomic mass is 16.6. The van der Waals surface area contributed by atoms with Gasteiger partial charge in [0.25, 0.3) is 0 Å². The molecule has 484 valence electrons. The third-order valence-electron chi connectivity index (χ3n) is 22.8. The van der Waals surface area contributed by atoms with Crippen LogP contribution in [0.4, 0.5) is 0 Å². The van der Waals surface area contributed by atoms with Crippen LogP contribution in [0.3, 0.4) is 0 Å². The molecule has 0 amide bonds. The number of aryl methyl sites for hydroxylation is 1. The number of rotatable bonds is 15. The van der Waals surface area contributed by atoms with Crippen molar-refractivity contribution in [1.29, 1.82) is 0 Å². The molecule has 4 fully saturated rings. The summed E-state index contributed by atoms with van der Waals surface area (Å²) in [4.78, 5) is 0. The predicted molar refractivity (Wildman–Crippen MR) is 336 cm³/mol. The normalized spacial score (nSPS) is 35.0. The molecule has 0 radical (unpaired) electrons. The average molecular weight is 1200 g/mol. The average Bonchev–Trinajstić information content (AvgIpc) is 1.28. The largest absolute Gasteiger partial charge is 0.508 e. The molecule has 3 aromatic carbocycles. The maximum absolute atomic E-state index is 12.7. The van der Waals surface area contributed by atoms with Crippen molar-refractivity contribution in [3.63, 3.8) is 0 Å². The van der Waals surface area contributed by atoms with E-state index in [4.69, 9.17) is 28.4 Å². The smallest absolute Gasteiger partial charge is 0.161 e. The second-order valence-electron chi connectivity index (χ2n) is 28.6. The second-order valence-corrected chi connectivity index (χ2v) is 28.6. The zero-order chi connectivity index (χ0) is 62.1. The fraction of sp³-hybridized carbons (Fsp3) is 0.750. The van der Waals surface area contributed by atoms with Crippen molar-refractivity contribution in [2.45, 2.75) is 224 Å². The van der Waals surface area contributed by atoms with Crippen LogP contribution in [0.15, 0.2) is 42.5 Å².